The maximum absolute atomic E-state index is 12.3. The van der Waals surface area contributed by atoms with Gasteiger partial charge in [-0.15, -0.1) is 11.3 Å². The number of carbonyl (C=O) groups is 1. The summed E-state index contributed by atoms with van der Waals surface area (Å²) in [5.41, 5.74) is 0.636. The summed E-state index contributed by atoms with van der Waals surface area (Å²) in [4.78, 5) is 26.5. The van der Waals surface area contributed by atoms with Crippen molar-refractivity contribution in [1.82, 2.24) is 15.0 Å². The quantitative estimate of drug-likeness (QED) is 0.283. The zero-order chi connectivity index (χ0) is 22.4. The van der Waals surface area contributed by atoms with E-state index >= 15 is 0 Å². The molecule has 0 spiro atoms. The molecule has 0 saturated heterocycles. The highest BCUT2D eigenvalue weighted by Crippen LogP contribution is 2.31. The van der Waals surface area contributed by atoms with Crippen LogP contribution in [0.15, 0.2) is 58.8 Å². The molecule has 2 N–H and O–H groups in total. The maximum Gasteiger partial charge on any atom is 0.270 e. The van der Waals surface area contributed by atoms with E-state index in [4.69, 9.17) is 4.74 Å². The maximum atomic E-state index is 12.3. The first kappa shape index (κ1) is 22.3. The minimum atomic E-state index is -3.95. The number of rotatable bonds is 9. The molecule has 10 nitrogen and oxygen atoms in total. The van der Waals surface area contributed by atoms with Gasteiger partial charge in [0.25, 0.3) is 11.6 Å². The number of nitrogens with one attached hydrogen (secondary N) is 2. The van der Waals surface area contributed by atoms with E-state index in [2.05, 4.69) is 15.0 Å². The molecule has 0 aliphatic carbocycles. The van der Waals surface area contributed by atoms with E-state index in [1.165, 1.54) is 29.5 Å². The van der Waals surface area contributed by atoms with Crippen LogP contribution in [0, 0.1) is 10.1 Å². The van der Waals surface area contributed by atoms with Crippen molar-refractivity contribution in [2.45, 2.75) is 4.90 Å². The Bertz CT molecular complexity index is 1210. The fourth-order valence-electron chi connectivity index (χ4n) is 2.62. The highest BCUT2D eigenvalue weighted by Gasteiger charge is 2.18. The Morgan fingerprint density at radius 2 is 1.97 bits per heavy atom. The summed E-state index contributed by atoms with van der Waals surface area (Å²) >= 11 is 1.29. The van der Waals surface area contributed by atoms with Crippen LogP contribution in [0.4, 0.5) is 5.69 Å². The van der Waals surface area contributed by atoms with E-state index < -0.39 is 20.9 Å². The molecule has 162 valence electrons. The molecule has 2 aromatic carbocycles. The smallest absolute Gasteiger partial charge is 0.270 e. The summed E-state index contributed by atoms with van der Waals surface area (Å²) in [6.07, 6.45) is 0. The number of hydrogen-bond donors (Lipinski definition) is 2. The lowest BCUT2D eigenvalue weighted by Crippen LogP contribution is -2.34. The molecular weight excluding hydrogens is 444 g/mol. The van der Waals surface area contributed by atoms with Gasteiger partial charge in [-0.05, 0) is 18.2 Å². The van der Waals surface area contributed by atoms with Crippen molar-refractivity contribution >= 4 is 33.0 Å². The number of hydrogen-bond acceptors (Lipinski definition) is 8. The lowest BCUT2D eigenvalue weighted by molar-refractivity contribution is -0.385. The Balaban J connectivity index is 1.57. The van der Waals surface area contributed by atoms with Crippen LogP contribution in [0.1, 0.15) is 10.5 Å². The molecule has 0 aliphatic heterocycles. The first-order chi connectivity index (χ1) is 14.8. The number of thiazole rings is 1. The Hall–Kier alpha value is -3.35. The van der Waals surface area contributed by atoms with E-state index in [0.29, 0.717) is 10.8 Å². The number of carbonyl (C=O) groups excluding carboxylic acids is 1. The van der Waals surface area contributed by atoms with Crippen LogP contribution in [0.5, 0.6) is 5.75 Å². The molecule has 0 unspecified atom stereocenters. The van der Waals surface area contributed by atoms with Gasteiger partial charge in [-0.25, -0.2) is 18.1 Å². The molecular formula is C19H18N4O6S2. The fraction of sp³-hybridized carbons (Fsp3) is 0.158. The summed E-state index contributed by atoms with van der Waals surface area (Å²) in [5.74, 6) is 0.186. The van der Waals surface area contributed by atoms with Gasteiger partial charge in [0.2, 0.25) is 10.0 Å². The van der Waals surface area contributed by atoms with Crippen molar-refractivity contribution in [2.24, 2.45) is 0 Å². The molecule has 0 radical (unpaired) electrons. The Morgan fingerprint density at radius 3 is 2.71 bits per heavy atom. The van der Waals surface area contributed by atoms with E-state index in [1.807, 2.05) is 18.2 Å². The Labute approximate surface area is 182 Å². The number of nitro benzene ring substituents is 1. The lowest BCUT2D eigenvalue weighted by Gasteiger charge is -2.07. The molecule has 1 heterocycles. The molecule has 0 aliphatic rings. The number of non-ortho nitro benzene ring substituents is 1. The van der Waals surface area contributed by atoms with Gasteiger partial charge in [0.15, 0.2) is 0 Å². The van der Waals surface area contributed by atoms with Crippen molar-refractivity contribution in [3.05, 3.63) is 69.7 Å². The largest absolute Gasteiger partial charge is 0.496 e. The molecule has 1 amide bonds. The fourth-order valence-corrected chi connectivity index (χ4v) is 4.52. The Kier molecular flexibility index (Phi) is 6.95. The minimum Gasteiger partial charge on any atom is -0.496 e. The van der Waals surface area contributed by atoms with Gasteiger partial charge in [0, 0.05) is 30.6 Å². The normalized spacial score (nSPS) is 11.1. The zero-order valence-electron chi connectivity index (χ0n) is 16.3. The van der Waals surface area contributed by atoms with Gasteiger partial charge in [-0.1, -0.05) is 18.2 Å². The van der Waals surface area contributed by atoms with E-state index in [-0.39, 0.29) is 29.4 Å². The zero-order valence-corrected chi connectivity index (χ0v) is 17.9. The molecule has 31 heavy (non-hydrogen) atoms. The second-order valence-corrected chi connectivity index (χ2v) is 8.77. The van der Waals surface area contributed by atoms with Crippen LogP contribution >= 0.6 is 11.3 Å². The van der Waals surface area contributed by atoms with Gasteiger partial charge in [-0.2, -0.15) is 0 Å². The van der Waals surface area contributed by atoms with Gasteiger partial charge in [0.1, 0.15) is 16.5 Å². The highest BCUT2D eigenvalue weighted by atomic mass is 32.2. The summed E-state index contributed by atoms with van der Waals surface area (Å²) in [6, 6.07) is 12.0. The second kappa shape index (κ2) is 9.64. The van der Waals surface area contributed by atoms with Crippen LogP contribution in [0.25, 0.3) is 10.6 Å². The molecule has 0 fully saturated rings. The number of nitro groups is 1. The summed E-state index contributed by atoms with van der Waals surface area (Å²) in [7, 11) is -2.40. The van der Waals surface area contributed by atoms with Crippen LogP contribution in [0.3, 0.4) is 0 Å². The third kappa shape index (κ3) is 5.42. The monoisotopic (exact) mass is 462 g/mol. The van der Waals surface area contributed by atoms with Gasteiger partial charge >= 0.3 is 0 Å². The van der Waals surface area contributed by atoms with Gasteiger partial charge < -0.3 is 10.1 Å². The predicted octanol–water partition coefficient (Wildman–Crippen LogP) is 2.44. The average molecular weight is 463 g/mol. The first-order valence-corrected chi connectivity index (χ1v) is 11.3. The number of amides is 1. The minimum absolute atomic E-state index is 0.00844. The predicted molar refractivity (Wildman–Crippen MR) is 115 cm³/mol. The molecule has 0 atom stereocenters. The molecule has 3 aromatic rings. The van der Waals surface area contributed by atoms with Crippen molar-refractivity contribution in [3.8, 4) is 16.3 Å². The van der Waals surface area contributed by atoms with Crippen molar-refractivity contribution in [1.29, 1.82) is 0 Å². The van der Waals surface area contributed by atoms with Crippen molar-refractivity contribution in [3.63, 3.8) is 0 Å². The van der Waals surface area contributed by atoms with Crippen LogP contribution in [0.2, 0.25) is 0 Å². The van der Waals surface area contributed by atoms with Crippen LogP contribution in [-0.4, -0.2) is 44.4 Å². The third-order valence-corrected chi connectivity index (χ3v) is 6.45. The number of sulfonamides is 1. The topological polar surface area (TPSA) is 141 Å². The van der Waals surface area contributed by atoms with E-state index in [1.54, 1.807) is 18.6 Å². The molecule has 0 saturated carbocycles. The summed E-state index contributed by atoms with van der Waals surface area (Å²) < 4.78 is 32.1. The number of para-hydroxylation sites is 1. The summed E-state index contributed by atoms with van der Waals surface area (Å²) in [5, 5.41) is 15.6. The molecule has 0 bridgehead atoms. The van der Waals surface area contributed by atoms with E-state index in [0.717, 1.165) is 11.6 Å². The van der Waals surface area contributed by atoms with E-state index in [9.17, 15) is 23.3 Å². The standard InChI is InChI=1S/C19H18N4O6S2/c1-29-17-8-3-2-7-15(17)19-22-16(12-30-19)18(24)20-9-10-21-31(27,28)14-6-4-5-13(11-14)23(25)26/h2-8,11-12,21H,9-10H2,1H3,(H,20,24). The summed E-state index contributed by atoms with van der Waals surface area (Å²) in [6.45, 7) is -0.0885. The second-order valence-electron chi connectivity index (χ2n) is 6.15. The average Bonchev–Trinajstić information content (AvgIpc) is 3.27. The third-order valence-electron chi connectivity index (χ3n) is 4.12. The van der Waals surface area contributed by atoms with Crippen LogP contribution in [-0.2, 0) is 10.0 Å². The van der Waals surface area contributed by atoms with Crippen molar-refractivity contribution < 1.29 is 22.9 Å². The number of methoxy groups -OCH3 is 1. The molecule has 1 aromatic heterocycles. The molecule has 3 rings (SSSR count). The number of ether oxygens (including phenoxy) is 1. The van der Waals surface area contributed by atoms with Gasteiger partial charge in [0.05, 0.1) is 22.5 Å². The molecule has 12 heteroatoms. The first-order valence-electron chi connectivity index (χ1n) is 8.93. The van der Waals surface area contributed by atoms with Crippen LogP contribution < -0.4 is 14.8 Å². The lowest BCUT2D eigenvalue weighted by atomic mass is 10.2. The number of nitrogens with zero attached hydrogens (tertiary/aromatic N) is 2. The number of aromatic nitrogens is 1. The highest BCUT2D eigenvalue weighted by molar-refractivity contribution is 7.89. The van der Waals surface area contributed by atoms with Gasteiger partial charge in [-0.3, -0.25) is 14.9 Å². The van der Waals surface area contributed by atoms with Crippen molar-refractivity contribution in [2.75, 3.05) is 20.2 Å². The number of benzene rings is 2. The Morgan fingerprint density at radius 1 is 1.19 bits per heavy atom. The SMILES string of the molecule is COc1ccccc1-c1nc(C(=O)NCCNS(=O)(=O)c2cccc([N+](=O)[O-])c2)cs1.